The lowest BCUT2D eigenvalue weighted by molar-refractivity contribution is -0.136. The quantitative estimate of drug-likeness (QED) is 0.448. The van der Waals surface area contributed by atoms with E-state index in [2.05, 4.69) is 15.9 Å². The standard InChI is InChI=1S/C28H30BrNO7/c1-6-37-23-13-17(9-18(29)27(23)32)25-24(28(33)36-5)14(2)30-19-10-16(11-20(31)26(19)25)15-7-8-21(34-3)22(12-15)35-4/h7-9,12-13,16,25-26,32H,6,10-11H2,1-5H3/t16-,25-,26?/m1/s1. The number of allylic oxidation sites excluding steroid dienone is 1. The summed E-state index contributed by atoms with van der Waals surface area (Å²) < 4.78 is 22.0. The molecule has 1 heterocycles. The van der Waals surface area contributed by atoms with Crippen LogP contribution in [0.5, 0.6) is 23.0 Å². The normalized spacial score (nSPS) is 21.2. The van der Waals surface area contributed by atoms with Gasteiger partial charge in [0.15, 0.2) is 23.0 Å². The average molecular weight is 572 g/mol. The van der Waals surface area contributed by atoms with Gasteiger partial charge in [-0.15, -0.1) is 0 Å². The van der Waals surface area contributed by atoms with Gasteiger partial charge >= 0.3 is 5.97 Å². The van der Waals surface area contributed by atoms with Crippen molar-refractivity contribution in [1.82, 2.24) is 0 Å². The summed E-state index contributed by atoms with van der Waals surface area (Å²) in [5, 5.41) is 10.5. The zero-order valence-corrected chi connectivity index (χ0v) is 23.0. The van der Waals surface area contributed by atoms with Gasteiger partial charge in [0.05, 0.1) is 43.9 Å². The van der Waals surface area contributed by atoms with Crippen LogP contribution in [0.4, 0.5) is 0 Å². The van der Waals surface area contributed by atoms with E-state index in [0.717, 1.165) is 5.56 Å². The van der Waals surface area contributed by atoms with Crippen LogP contribution in [-0.4, -0.2) is 50.5 Å². The smallest absolute Gasteiger partial charge is 0.336 e. The number of hydrogen-bond acceptors (Lipinski definition) is 8. The first kappa shape index (κ1) is 26.7. The van der Waals surface area contributed by atoms with E-state index in [-0.39, 0.29) is 29.6 Å². The Morgan fingerprint density at radius 2 is 1.73 bits per heavy atom. The number of ketones is 1. The third kappa shape index (κ3) is 4.97. The van der Waals surface area contributed by atoms with E-state index in [1.165, 1.54) is 7.11 Å². The van der Waals surface area contributed by atoms with Crippen molar-refractivity contribution in [2.24, 2.45) is 10.9 Å². The molecule has 1 saturated carbocycles. The maximum absolute atomic E-state index is 13.8. The van der Waals surface area contributed by atoms with Gasteiger partial charge < -0.3 is 24.1 Å². The fourth-order valence-corrected chi connectivity index (χ4v) is 5.75. The zero-order valence-electron chi connectivity index (χ0n) is 21.5. The molecule has 0 amide bonds. The molecule has 1 fully saturated rings. The minimum Gasteiger partial charge on any atom is -0.503 e. The number of carbonyl (C=O) groups excluding carboxylic acids is 2. The third-order valence-corrected chi connectivity index (χ3v) is 7.55. The molecule has 0 radical (unpaired) electrons. The Balaban J connectivity index is 1.81. The second kappa shape index (κ2) is 11.0. The molecule has 2 aromatic rings. The molecule has 8 nitrogen and oxygen atoms in total. The molecule has 196 valence electrons. The van der Waals surface area contributed by atoms with Gasteiger partial charge in [-0.05, 0) is 77.5 Å². The number of Topliss-reactive ketones (excluding diaryl/α,β-unsaturated/α-hetero) is 1. The van der Waals surface area contributed by atoms with Crippen molar-refractivity contribution in [2.45, 2.75) is 38.5 Å². The first-order valence-electron chi connectivity index (χ1n) is 12.0. The van der Waals surface area contributed by atoms with Crippen LogP contribution in [0.15, 0.2) is 51.1 Å². The summed E-state index contributed by atoms with van der Waals surface area (Å²) in [6.45, 7) is 3.91. The lowest BCUT2D eigenvalue weighted by atomic mass is 9.66. The predicted molar refractivity (Wildman–Crippen MR) is 142 cm³/mol. The number of aromatic hydroxyl groups is 1. The van der Waals surface area contributed by atoms with Crippen molar-refractivity contribution in [2.75, 3.05) is 27.9 Å². The highest BCUT2D eigenvalue weighted by Gasteiger charge is 2.46. The molecule has 1 aliphatic heterocycles. The van der Waals surface area contributed by atoms with E-state index in [0.29, 0.717) is 51.5 Å². The molecule has 9 heteroatoms. The van der Waals surface area contributed by atoms with Crippen LogP contribution in [0.1, 0.15) is 49.7 Å². The number of ether oxygens (including phenoxy) is 4. The van der Waals surface area contributed by atoms with E-state index in [9.17, 15) is 14.7 Å². The summed E-state index contributed by atoms with van der Waals surface area (Å²) in [6, 6.07) is 9.07. The van der Waals surface area contributed by atoms with Gasteiger partial charge in [-0.1, -0.05) is 6.07 Å². The number of phenolic OH excluding ortho intramolecular Hbond substituents is 1. The minimum atomic E-state index is -0.639. The van der Waals surface area contributed by atoms with E-state index in [4.69, 9.17) is 23.9 Å². The van der Waals surface area contributed by atoms with Crippen LogP contribution in [0.2, 0.25) is 0 Å². The van der Waals surface area contributed by atoms with Crippen LogP contribution in [0, 0.1) is 5.92 Å². The van der Waals surface area contributed by atoms with Gasteiger partial charge in [0, 0.05) is 23.7 Å². The van der Waals surface area contributed by atoms with Gasteiger partial charge in [0.25, 0.3) is 0 Å². The second-order valence-electron chi connectivity index (χ2n) is 9.02. The second-order valence-corrected chi connectivity index (χ2v) is 9.87. The van der Waals surface area contributed by atoms with Gasteiger partial charge in [0.2, 0.25) is 0 Å². The lowest BCUT2D eigenvalue weighted by Crippen LogP contribution is -2.41. The highest BCUT2D eigenvalue weighted by atomic mass is 79.9. The summed E-state index contributed by atoms with van der Waals surface area (Å²) in [6.07, 6.45) is 0.826. The first-order valence-corrected chi connectivity index (χ1v) is 12.8. The maximum Gasteiger partial charge on any atom is 0.336 e. The van der Waals surface area contributed by atoms with E-state index in [1.54, 1.807) is 33.3 Å². The van der Waals surface area contributed by atoms with E-state index in [1.807, 2.05) is 25.1 Å². The summed E-state index contributed by atoms with van der Waals surface area (Å²) in [5.41, 5.74) is 3.16. The van der Waals surface area contributed by atoms with Gasteiger partial charge in [-0.2, -0.15) is 0 Å². The Hall–Kier alpha value is -3.33. The molecule has 2 aromatic carbocycles. The number of benzene rings is 2. The fourth-order valence-electron chi connectivity index (χ4n) is 5.29. The largest absolute Gasteiger partial charge is 0.503 e. The summed E-state index contributed by atoms with van der Waals surface area (Å²) in [7, 11) is 4.47. The summed E-state index contributed by atoms with van der Waals surface area (Å²) in [5.74, 6) is -0.488. The molecule has 0 aromatic heterocycles. The Labute approximate surface area is 224 Å². The van der Waals surface area contributed by atoms with E-state index >= 15 is 0 Å². The van der Waals surface area contributed by atoms with Crippen molar-refractivity contribution in [3.8, 4) is 23.0 Å². The molecule has 0 saturated heterocycles. The average Bonchev–Trinajstić information content (AvgIpc) is 2.89. The van der Waals surface area contributed by atoms with Crippen molar-refractivity contribution < 1.29 is 33.6 Å². The molecule has 0 bridgehead atoms. The number of rotatable bonds is 7. The number of methoxy groups -OCH3 is 3. The monoisotopic (exact) mass is 571 g/mol. The zero-order chi connectivity index (χ0) is 26.9. The third-order valence-electron chi connectivity index (χ3n) is 6.95. The van der Waals surface area contributed by atoms with Crippen LogP contribution in [0.3, 0.4) is 0 Å². The van der Waals surface area contributed by atoms with Crippen LogP contribution in [-0.2, 0) is 14.3 Å². The van der Waals surface area contributed by atoms with Crippen molar-refractivity contribution in [1.29, 1.82) is 0 Å². The molecule has 0 spiro atoms. The SMILES string of the molecule is CCOc1cc([C@@H]2C(C(=O)OC)=C(C)N=C3C[C@@H](c4ccc(OC)c(OC)c4)CC(=O)C32)cc(Br)c1O. The van der Waals surface area contributed by atoms with Gasteiger partial charge in [0.1, 0.15) is 5.78 Å². The minimum absolute atomic E-state index is 0.0224. The van der Waals surface area contributed by atoms with Crippen LogP contribution >= 0.6 is 15.9 Å². The number of esters is 1. The van der Waals surface area contributed by atoms with E-state index < -0.39 is 17.8 Å². The summed E-state index contributed by atoms with van der Waals surface area (Å²) in [4.78, 5) is 31.5. The molecule has 3 atom stereocenters. The van der Waals surface area contributed by atoms with Crippen LogP contribution in [0.25, 0.3) is 0 Å². The first-order chi connectivity index (χ1) is 17.7. The number of phenols is 1. The Kier molecular flexibility index (Phi) is 7.92. The Morgan fingerprint density at radius 3 is 2.38 bits per heavy atom. The van der Waals surface area contributed by atoms with Gasteiger partial charge in [-0.25, -0.2) is 4.79 Å². The Morgan fingerprint density at radius 1 is 1.03 bits per heavy atom. The molecule has 37 heavy (non-hydrogen) atoms. The maximum atomic E-state index is 13.8. The molecule has 1 aliphatic carbocycles. The predicted octanol–water partition coefficient (Wildman–Crippen LogP) is 5.32. The number of fused-ring (bicyclic) bond motifs is 1. The molecule has 1 unspecified atom stereocenters. The highest BCUT2D eigenvalue weighted by Crippen LogP contribution is 2.49. The molecule has 4 rings (SSSR count). The number of carbonyl (C=O) groups is 2. The molecule has 2 aliphatic rings. The molecule has 1 N–H and O–H groups in total. The Bertz CT molecular complexity index is 1300. The van der Waals surface area contributed by atoms with Crippen LogP contribution < -0.4 is 14.2 Å². The number of halogens is 1. The topological polar surface area (TPSA) is 104 Å². The van der Waals surface area contributed by atoms with Crippen molar-refractivity contribution in [3.05, 3.63) is 57.2 Å². The van der Waals surface area contributed by atoms with Crippen molar-refractivity contribution in [3.63, 3.8) is 0 Å². The lowest BCUT2D eigenvalue weighted by Gasteiger charge is -2.38. The summed E-state index contributed by atoms with van der Waals surface area (Å²) >= 11 is 3.39. The fraction of sp³-hybridized carbons (Fsp3) is 0.393. The van der Waals surface area contributed by atoms with Gasteiger partial charge in [-0.3, -0.25) is 9.79 Å². The highest BCUT2D eigenvalue weighted by molar-refractivity contribution is 9.10. The van der Waals surface area contributed by atoms with Crippen molar-refractivity contribution >= 4 is 33.4 Å². The number of aliphatic imine (C=N–C) groups is 1. The molecular formula is C28H30BrNO7. The molecular weight excluding hydrogens is 542 g/mol. The number of hydrogen-bond donors (Lipinski definition) is 1. The number of nitrogens with zero attached hydrogens (tertiary/aromatic N) is 1.